The van der Waals surface area contributed by atoms with Gasteiger partial charge in [-0.05, 0) is 11.4 Å². The van der Waals surface area contributed by atoms with Gasteiger partial charge in [0.05, 0.1) is 43.4 Å². The lowest BCUT2D eigenvalue weighted by molar-refractivity contribution is 0.324. The summed E-state index contributed by atoms with van der Waals surface area (Å²) in [5, 5.41) is 5.36. The van der Waals surface area contributed by atoms with Gasteiger partial charge in [-0.25, -0.2) is 15.0 Å². The topological polar surface area (TPSA) is 83.3 Å². The molecule has 31 heavy (non-hydrogen) atoms. The van der Waals surface area contributed by atoms with E-state index in [-0.39, 0.29) is 18.3 Å². The van der Waals surface area contributed by atoms with Crippen molar-refractivity contribution in [2.45, 2.75) is 19.8 Å². The minimum atomic E-state index is 0. The number of anilines is 2. The van der Waals surface area contributed by atoms with Crippen molar-refractivity contribution >= 4 is 45.6 Å². The molecule has 8 nitrogen and oxygen atoms in total. The number of imidazole rings is 1. The van der Waals surface area contributed by atoms with Crippen molar-refractivity contribution < 1.29 is 14.2 Å². The van der Waals surface area contributed by atoms with Crippen LogP contribution in [0.1, 0.15) is 25.6 Å². The van der Waals surface area contributed by atoms with E-state index in [4.69, 9.17) is 19.2 Å². The molecule has 1 aromatic carbocycles. The fourth-order valence-electron chi connectivity index (χ4n) is 3.09. The summed E-state index contributed by atoms with van der Waals surface area (Å²) in [6.07, 6.45) is 3.61. The second-order valence-electron chi connectivity index (χ2n) is 6.89. The predicted octanol–water partition coefficient (Wildman–Crippen LogP) is 5.19. The number of benzene rings is 1. The Balaban J connectivity index is 0.00000272. The molecular formula is C21H24ClN5O3S. The number of ether oxygens (including phenoxy) is 3. The molecule has 0 unspecified atom stereocenters. The standard InChI is InChI=1S/C21H23N5O3S.ClH/c1-12(2)20-23-14-6-7-30-19(14)21(25-20)24-17-10-26(11-22-17)13-8-15(27-3)18(29-5)16(9-13)28-4;/h6-12H,1-5H3,(H,23,24,25);1H. The average Bonchev–Trinajstić information content (AvgIpc) is 3.42. The molecule has 0 fully saturated rings. The Morgan fingerprint density at radius 1 is 1.03 bits per heavy atom. The number of fused-ring (bicyclic) bond motifs is 1. The minimum absolute atomic E-state index is 0. The number of nitrogens with one attached hydrogen (secondary N) is 1. The number of methoxy groups -OCH3 is 3. The first-order chi connectivity index (χ1) is 14.5. The summed E-state index contributed by atoms with van der Waals surface area (Å²) in [6, 6.07) is 5.74. The highest BCUT2D eigenvalue weighted by atomic mass is 35.5. The predicted molar refractivity (Wildman–Crippen MR) is 125 cm³/mol. The first-order valence-electron chi connectivity index (χ1n) is 9.40. The molecule has 0 aliphatic rings. The van der Waals surface area contributed by atoms with Gasteiger partial charge in [-0.2, -0.15) is 0 Å². The average molecular weight is 462 g/mol. The molecule has 164 valence electrons. The fraction of sp³-hybridized carbons (Fsp3) is 0.286. The van der Waals surface area contributed by atoms with Crippen molar-refractivity contribution in [3.8, 4) is 22.9 Å². The van der Waals surface area contributed by atoms with E-state index in [0.29, 0.717) is 23.1 Å². The lowest BCUT2D eigenvalue weighted by Crippen LogP contribution is -2.02. The van der Waals surface area contributed by atoms with Crippen LogP contribution in [0.25, 0.3) is 15.9 Å². The number of hydrogen-bond donors (Lipinski definition) is 1. The Bertz CT molecular complexity index is 1170. The highest BCUT2D eigenvalue weighted by molar-refractivity contribution is 7.17. The van der Waals surface area contributed by atoms with Crippen molar-refractivity contribution in [1.29, 1.82) is 0 Å². The summed E-state index contributed by atoms with van der Waals surface area (Å²) in [4.78, 5) is 13.8. The first-order valence-corrected chi connectivity index (χ1v) is 10.3. The van der Waals surface area contributed by atoms with Crippen LogP contribution in [-0.4, -0.2) is 40.8 Å². The number of aromatic nitrogens is 4. The molecule has 0 saturated heterocycles. The van der Waals surface area contributed by atoms with Crippen molar-refractivity contribution in [1.82, 2.24) is 19.5 Å². The van der Waals surface area contributed by atoms with Gasteiger partial charge in [0.15, 0.2) is 17.3 Å². The van der Waals surface area contributed by atoms with E-state index < -0.39 is 0 Å². The summed E-state index contributed by atoms with van der Waals surface area (Å²) in [6.45, 7) is 4.16. The number of thiophene rings is 1. The van der Waals surface area contributed by atoms with Gasteiger partial charge in [-0.15, -0.1) is 23.7 Å². The SMILES string of the molecule is COc1cc(-n2cnc(Nc3nc(C(C)C)nc4ccsc34)c2)cc(OC)c1OC.Cl. The molecule has 0 radical (unpaired) electrons. The van der Waals surface area contributed by atoms with E-state index in [1.165, 1.54) is 0 Å². The smallest absolute Gasteiger partial charge is 0.203 e. The number of rotatable bonds is 7. The quantitative estimate of drug-likeness (QED) is 0.405. The molecule has 0 atom stereocenters. The maximum Gasteiger partial charge on any atom is 0.203 e. The van der Waals surface area contributed by atoms with Gasteiger partial charge in [0.2, 0.25) is 5.75 Å². The fourth-order valence-corrected chi connectivity index (χ4v) is 3.87. The highest BCUT2D eigenvalue weighted by Gasteiger charge is 2.16. The van der Waals surface area contributed by atoms with Crippen LogP contribution in [0, 0.1) is 0 Å². The van der Waals surface area contributed by atoms with E-state index >= 15 is 0 Å². The van der Waals surface area contributed by atoms with Crippen molar-refractivity contribution in [3.05, 3.63) is 41.9 Å². The summed E-state index contributed by atoms with van der Waals surface area (Å²) >= 11 is 1.60. The summed E-state index contributed by atoms with van der Waals surface area (Å²) in [5.41, 5.74) is 1.77. The molecule has 0 saturated carbocycles. The highest BCUT2D eigenvalue weighted by Crippen LogP contribution is 2.39. The largest absolute Gasteiger partial charge is 0.493 e. The first kappa shape index (κ1) is 22.6. The number of nitrogens with zero attached hydrogens (tertiary/aromatic N) is 4. The molecule has 0 aliphatic heterocycles. The van der Waals surface area contributed by atoms with E-state index in [2.05, 4.69) is 29.1 Å². The lowest BCUT2D eigenvalue weighted by Gasteiger charge is -2.14. The molecule has 3 aromatic heterocycles. The normalized spacial score (nSPS) is 10.8. The third-order valence-electron chi connectivity index (χ3n) is 4.61. The van der Waals surface area contributed by atoms with Crippen LogP contribution in [-0.2, 0) is 0 Å². The van der Waals surface area contributed by atoms with Crippen LogP contribution in [0.5, 0.6) is 17.2 Å². The molecule has 0 bridgehead atoms. The number of hydrogen-bond acceptors (Lipinski definition) is 8. The second kappa shape index (κ2) is 9.40. The zero-order chi connectivity index (χ0) is 21.3. The van der Waals surface area contributed by atoms with E-state index in [1.807, 2.05) is 34.3 Å². The van der Waals surface area contributed by atoms with Gasteiger partial charge in [0, 0.05) is 18.1 Å². The molecule has 3 heterocycles. The Morgan fingerprint density at radius 3 is 2.35 bits per heavy atom. The van der Waals surface area contributed by atoms with E-state index in [0.717, 1.165) is 27.5 Å². The van der Waals surface area contributed by atoms with E-state index in [9.17, 15) is 0 Å². The van der Waals surface area contributed by atoms with E-state index in [1.54, 1.807) is 39.0 Å². The van der Waals surface area contributed by atoms with Crippen molar-refractivity contribution in [2.24, 2.45) is 0 Å². The second-order valence-corrected chi connectivity index (χ2v) is 7.81. The van der Waals surface area contributed by atoms with Crippen molar-refractivity contribution in [2.75, 3.05) is 26.6 Å². The molecule has 0 aliphatic carbocycles. The Labute approximate surface area is 190 Å². The van der Waals surface area contributed by atoms with Gasteiger partial charge < -0.3 is 24.1 Å². The maximum absolute atomic E-state index is 5.45. The van der Waals surface area contributed by atoms with Crippen LogP contribution >= 0.6 is 23.7 Å². The monoisotopic (exact) mass is 461 g/mol. The third kappa shape index (κ3) is 4.38. The summed E-state index contributed by atoms with van der Waals surface area (Å²) < 4.78 is 19.2. The summed E-state index contributed by atoms with van der Waals surface area (Å²) in [5.74, 6) is 4.16. The Kier molecular flexibility index (Phi) is 6.87. The summed E-state index contributed by atoms with van der Waals surface area (Å²) in [7, 11) is 4.77. The zero-order valence-corrected chi connectivity index (χ0v) is 19.5. The van der Waals surface area contributed by atoms with Gasteiger partial charge in [0.1, 0.15) is 18.0 Å². The van der Waals surface area contributed by atoms with Crippen LogP contribution in [0.3, 0.4) is 0 Å². The van der Waals surface area contributed by atoms with Crippen molar-refractivity contribution in [3.63, 3.8) is 0 Å². The van der Waals surface area contributed by atoms with Gasteiger partial charge in [-0.3, -0.25) is 0 Å². The minimum Gasteiger partial charge on any atom is -0.493 e. The van der Waals surface area contributed by atoms with Gasteiger partial charge >= 0.3 is 0 Å². The number of halogens is 1. The van der Waals surface area contributed by atoms with Crippen LogP contribution in [0.2, 0.25) is 0 Å². The molecular weight excluding hydrogens is 438 g/mol. The van der Waals surface area contributed by atoms with Crippen LogP contribution < -0.4 is 19.5 Å². The van der Waals surface area contributed by atoms with Gasteiger partial charge in [0.25, 0.3) is 0 Å². The Morgan fingerprint density at radius 2 is 1.74 bits per heavy atom. The lowest BCUT2D eigenvalue weighted by atomic mass is 10.2. The molecule has 4 aromatic rings. The maximum atomic E-state index is 5.45. The van der Waals surface area contributed by atoms with Crippen LogP contribution in [0.15, 0.2) is 36.1 Å². The molecule has 0 amide bonds. The third-order valence-corrected chi connectivity index (χ3v) is 5.52. The van der Waals surface area contributed by atoms with Gasteiger partial charge in [-0.1, -0.05) is 13.8 Å². The molecule has 1 N–H and O–H groups in total. The zero-order valence-electron chi connectivity index (χ0n) is 17.9. The molecule has 10 heteroatoms. The Hall–Kier alpha value is -3.04. The molecule has 4 rings (SSSR count). The van der Waals surface area contributed by atoms with Crippen LogP contribution in [0.4, 0.5) is 11.6 Å². The molecule has 0 spiro atoms.